The van der Waals surface area contributed by atoms with E-state index < -0.39 is 0 Å². The molecule has 1 unspecified atom stereocenters. The number of piperidine rings is 1. The number of nitrogens with one attached hydrogen (secondary N) is 1. The van der Waals surface area contributed by atoms with Crippen molar-refractivity contribution in [3.05, 3.63) is 42.2 Å². The van der Waals surface area contributed by atoms with E-state index in [-0.39, 0.29) is 11.9 Å². The first kappa shape index (κ1) is 25.2. The SMILES string of the molecule is CC(=O)N(C)C1[C@@H]2CC[C@H]1CN(c1nnc(-c3cnc(-c4ccc5cc(C#N)cnn45)cc3NC(C)C)s1)C2. The van der Waals surface area contributed by atoms with E-state index in [9.17, 15) is 10.1 Å². The maximum absolute atomic E-state index is 12.0. The molecule has 2 bridgehead atoms. The second-order valence-corrected chi connectivity index (χ2v) is 11.8. The third-order valence-electron chi connectivity index (χ3n) is 7.88. The van der Waals surface area contributed by atoms with Crippen molar-refractivity contribution in [2.75, 3.05) is 30.4 Å². The second-order valence-electron chi connectivity index (χ2n) is 10.8. The second kappa shape index (κ2) is 9.93. The Bertz CT molecular complexity index is 1570. The summed E-state index contributed by atoms with van der Waals surface area (Å²) in [6.07, 6.45) is 5.70. The average molecular weight is 542 g/mol. The first-order chi connectivity index (χ1) is 18.8. The number of pyridine rings is 1. The van der Waals surface area contributed by atoms with Crippen LogP contribution in [0.4, 0.5) is 10.8 Å². The Morgan fingerprint density at radius 1 is 1.18 bits per heavy atom. The summed E-state index contributed by atoms with van der Waals surface area (Å²) in [5, 5.41) is 28.1. The zero-order chi connectivity index (χ0) is 27.3. The number of carbonyl (C=O) groups is 1. The standard InChI is InChI=1S/C28H31N9OS/c1-16(2)32-23-10-24(25-8-7-21-9-18(11-29)12-31-37(21)25)30-13-22(23)27-33-34-28(39-27)36-14-19-5-6-20(15-36)26(19)35(4)17(3)38/h7-10,12-13,16,19-20,26H,5-6,14-15H2,1-4H3,(H,30,32)/t19-,20+,26?. The smallest absolute Gasteiger partial charge is 0.219 e. The summed E-state index contributed by atoms with van der Waals surface area (Å²) in [7, 11) is 1.94. The van der Waals surface area contributed by atoms with Crippen LogP contribution in [-0.4, -0.2) is 67.8 Å². The predicted octanol–water partition coefficient (Wildman–Crippen LogP) is 4.30. The van der Waals surface area contributed by atoms with Crippen LogP contribution in [0.25, 0.3) is 27.5 Å². The summed E-state index contributed by atoms with van der Waals surface area (Å²) in [5.74, 6) is 1.05. The van der Waals surface area contributed by atoms with E-state index >= 15 is 0 Å². The lowest BCUT2D eigenvalue weighted by atomic mass is 9.91. The number of hydrogen-bond acceptors (Lipinski definition) is 9. The zero-order valence-electron chi connectivity index (χ0n) is 22.5. The van der Waals surface area contributed by atoms with Crippen molar-refractivity contribution in [2.24, 2.45) is 11.8 Å². The highest BCUT2D eigenvalue weighted by molar-refractivity contribution is 7.18. The number of nitriles is 1. The Labute approximate surface area is 231 Å². The number of carbonyl (C=O) groups excluding carboxylic acids is 1. The van der Waals surface area contributed by atoms with E-state index in [2.05, 4.69) is 45.4 Å². The van der Waals surface area contributed by atoms with Crippen LogP contribution in [-0.2, 0) is 4.79 Å². The molecule has 0 radical (unpaired) electrons. The van der Waals surface area contributed by atoms with Gasteiger partial charge in [0.1, 0.15) is 6.07 Å². The summed E-state index contributed by atoms with van der Waals surface area (Å²) in [4.78, 5) is 21.1. The lowest BCUT2D eigenvalue weighted by Crippen LogP contribution is -2.52. The molecular formula is C28H31N9OS. The molecule has 2 fully saturated rings. The van der Waals surface area contributed by atoms with Gasteiger partial charge in [-0.2, -0.15) is 10.4 Å². The molecule has 1 N–H and O–H groups in total. The van der Waals surface area contributed by atoms with Crippen LogP contribution < -0.4 is 10.2 Å². The summed E-state index contributed by atoms with van der Waals surface area (Å²) in [6, 6.07) is 10.4. The van der Waals surface area contributed by atoms with Crippen molar-refractivity contribution in [3.63, 3.8) is 0 Å². The van der Waals surface area contributed by atoms with Crippen LogP contribution >= 0.6 is 11.3 Å². The van der Waals surface area contributed by atoms with Crippen molar-refractivity contribution in [1.82, 2.24) is 29.7 Å². The summed E-state index contributed by atoms with van der Waals surface area (Å²) < 4.78 is 1.80. The van der Waals surface area contributed by atoms with Crippen molar-refractivity contribution in [2.45, 2.75) is 45.7 Å². The highest BCUT2D eigenvalue weighted by Crippen LogP contribution is 2.43. The molecule has 5 heterocycles. The van der Waals surface area contributed by atoms with Gasteiger partial charge in [0.15, 0.2) is 5.01 Å². The maximum Gasteiger partial charge on any atom is 0.219 e. The van der Waals surface area contributed by atoms with Crippen LogP contribution in [0, 0.1) is 23.2 Å². The number of hydrogen-bond donors (Lipinski definition) is 1. The molecule has 4 aromatic rings. The lowest BCUT2D eigenvalue weighted by Gasteiger charge is -2.41. The Morgan fingerprint density at radius 2 is 1.95 bits per heavy atom. The van der Waals surface area contributed by atoms with Gasteiger partial charge < -0.3 is 15.1 Å². The molecule has 1 amide bonds. The summed E-state index contributed by atoms with van der Waals surface area (Å²) in [6.45, 7) is 7.65. The molecule has 6 rings (SSSR count). The minimum absolute atomic E-state index is 0.139. The molecule has 1 aliphatic carbocycles. The van der Waals surface area contributed by atoms with Crippen molar-refractivity contribution >= 4 is 33.6 Å². The van der Waals surface area contributed by atoms with Crippen LogP contribution in [0.3, 0.4) is 0 Å². The molecule has 4 aromatic heterocycles. The van der Waals surface area contributed by atoms with E-state index in [1.54, 1.807) is 29.0 Å². The number of amides is 1. The molecule has 0 spiro atoms. The minimum atomic E-state index is 0.139. The molecule has 39 heavy (non-hydrogen) atoms. The van der Waals surface area contributed by atoms with E-state index in [1.165, 1.54) is 0 Å². The maximum atomic E-state index is 12.0. The van der Waals surface area contributed by atoms with Gasteiger partial charge in [-0.1, -0.05) is 11.3 Å². The van der Waals surface area contributed by atoms with Crippen LogP contribution in [0.5, 0.6) is 0 Å². The highest BCUT2D eigenvalue weighted by atomic mass is 32.1. The number of anilines is 2. The highest BCUT2D eigenvalue weighted by Gasteiger charge is 2.45. The number of nitrogens with zero attached hydrogens (tertiary/aromatic N) is 8. The minimum Gasteiger partial charge on any atom is -0.382 e. The molecule has 10 nitrogen and oxygen atoms in total. The number of rotatable bonds is 6. The first-order valence-electron chi connectivity index (χ1n) is 13.3. The van der Waals surface area contributed by atoms with Gasteiger partial charge in [0.2, 0.25) is 11.0 Å². The molecule has 0 aromatic carbocycles. The molecule has 1 saturated carbocycles. The predicted molar refractivity (Wildman–Crippen MR) is 151 cm³/mol. The Kier molecular flexibility index (Phi) is 6.43. The van der Waals surface area contributed by atoms with Crippen molar-refractivity contribution < 1.29 is 4.79 Å². The van der Waals surface area contributed by atoms with Gasteiger partial charge in [-0.15, -0.1) is 10.2 Å². The van der Waals surface area contributed by atoms with Gasteiger partial charge in [-0.25, -0.2) is 4.52 Å². The molecular weight excluding hydrogens is 510 g/mol. The molecule has 200 valence electrons. The number of fused-ring (bicyclic) bond motifs is 3. The molecule has 2 aliphatic rings. The van der Waals surface area contributed by atoms with Crippen molar-refractivity contribution in [1.29, 1.82) is 5.26 Å². The van der Waals surface area contributed by atoms with Crippen molar-refractivity contribution in [3.8, 4) is 28.0 Å². The van der Waals surface area contributed by atoms with Gasteiger partial charge >= 0.3 is 0 Å². The van der Waals surface area contributed by atoms with E-state index in [4.69, 9.17) is 4.98 Å². The van der Waals surface area contributed by atoms with Gasteiger partial charge in [-0.3, -0.25) is 9.78 Å². The third-order valence-corrected chi connectivity index (χ3v) is 8.90. The Morgan fingerprint density at radius 3 is 2.64 bits per heavy atom. The van der Waals surface area contributed by atoms with Gasteiger partial charge in [0, 0.05) is 51.0 Å². The molecule has 3 atom stereocenters. The Balaban J connectivity index is 1.29. The van der Waals surface area contributed by atoms with Crippen LogP contribution in [0.2, 0.25) is 0 Å². The van der Waals surface area contributed by atoms with Crippen LogP contribution in [0.1, 0.15) is 39.2 Å². The van der Waals surface area contributed by atoms with E-state index in [0.717, 1.165) is 64.2 Å². The van der Waals surface area contributed by atoms with Gasteiger partial charge in [-0.05, 0) is 62.8 Å². The summed E-state index contributed by atoms with van der Waals surface area (Å²) in [5.41, 5.74) is 4.83. The quantitative estimate of drug-likeness (QED) is 0.384. The Hall–Kier alpha value is -4.04. The normalized spacial score (nSPS) is 20.4. The molecule has 1 saturated heterocycles. The molecule has 11 heteroatoms. The molecule has 1 aliphatic heterocycles. The summed E-state index contributed by atoms with van der Waals surface area (Å²) >= 11 is 1.59. The fourth-order valence-corrected chi connectivity index (χ4v) is 6.98. The largest absolute Gasteiger partial charge is 0.382 e. The third kappa shape index (κ3) is 4.59. The first-order valence-corrected chi connectivity index (χ1v) is 14.1. The topological polar surface area (TPSA) is 115 Å². The lowest BCUT2D eigenvalue weighted by molar-refractivity contribution is -0.131. The number of aromatic nitrogens is 5. The average Bonchev–Trinajstić information content (AvgIpc) is 3.63. The van der Waals surface area contributed by atoms with E-state index in [1.807, 2.05) is 42.4 Å². The van der Waals surface area contributed by atoms with Gasteiger partial charge in [0.25, 0.3) is 0 Å². The fourth-order valence-electron chi connectivity index (χ4n) is 6.10. The zero-order valence-corrected chi connectivity index (χ0v) is 23.3. The fraction of sp³-hybridized carbons (Fsp3) is 0.429. The van der Waals surface area contributed by atoms with Gasteiger partial charge in [0.05, 0.1) is 34.2 Å². The van der Waals surface area contributed by atoms with Crippen LogP contribution in [0.15, 0.2) is 36.7 Å². The monoisotopic (exact) mass is 541 g/mol. The van der Waals surface area contributed by atoms with E-state index in [0.29, 0.717) is 23.4 Å².